The molecule has 1 unspecified atom stereocenters. The highest BCUT2D eigenvalue weighted by molar-refractivity contribution is 5.81. The van der Waals surface area contributed by atoms with Crippen molar-refractivity contribution in [2.45, 2.75) is 52.7 Å². The van der Waals surface area contributed by atoms with Crippen molar-refractivity contribution >= 4 is 22.5 Å². The number of nitrogens with two attached hydrogens (primary N) is 1. The highest BCUT2D eigenvalue weighted by Gasteiger charge is 2.26. The number of anilines is 1. The Morgan fingerprint density at radius 1 is 1.19 bits per heavy atom. The van der Waals surface area contributed by atoms with Crippen LogP contribution in [0.4, 0.5) is 10.3 Å². The van der Waals surface area contributed by atoms with Crippen molar-refractivity contribution < 1.29 is 4.39 Å². The van der Waals surface area contributed by atoms with E-state index in [1.807, 2.05) is 4.90 Å². The summed E-state index contributed by atoms with van der Waals surface area (Å²) in [6, 6.07) is 4.58. The van der Waals surface area contributed by atoms with E-state index in [0.717, 1.165) is 24.0 Å². The zero-order valence-electron chi connectivity index (χ0n) is 20.5. The van der Waals surface area contributed by atoms with Crippen molar-refractivity contribution in [1.82, 2.24) is 28.7 Å². The molecule has 1 saturated heterocycles. The minimum absolute atomic E-state index is 0.000208. The minimum Gasteiger partial charge on any atom is -0.339 e. The van der Waals surface area contributed by atoms with Crippen LogP contribution in [0.2, 0.25) is 0 Å². The molecule has 186 valence electrons. The van der Waals surface area contributed by atoms with Gasteiger partial charge in [-0.3, -0.25) is 9.36 Å². The van der Waals surface area contributed by atoms with Crippen LogP contribution in [0.15, 0.2) is 27.8 Å². The molecule has 0 bridgehead atoms. The quantitative estimate of drug-likeness (QED) is 0.429. The summed E-state index contributed by atoms with van der Waals surface area (Å²) in [5.74, 6) is 6.24. The summed E-state index contributed by atoms with van der Waals surface area (Å²) in [4.78, 5) is 42.5. The van der Waals surface area contributed by atoms with Gasteiger partial charge in [0.15, 0.2) is 5.65 Å². The largest absolute Gasteiger partial charge is 0.352 e. The summed E-state index contributed by atoms with van der Waals surface area (Å²) in [5.41, 5.74) is 6.60. The summed E-state index contributed by atoms with van der Waals surface area (Å²) >= 11 is 0. The van der Waals surface area contributed by atoms with Gasteiger partial charge < -0.3 is 10.6 Å². The molecule has 1 aromatic carbocycles. The van der Waals surface area contributed by atoms with Gasteiger partial charge in [-0.2, -0.15) is 9.50 Å². The summed E-state index contributed by atoms with van der Waals surface area (Å²) in [5, 5.41) is 0.317. The molecule has 1 aliphatic heterocycles. The molecule has 1 atom stereocenters. The Hall–Kier alpha value is -4.04. The molecule has 4 heterocycles. The number of aryl methyl sites for hydroxylation is 2. The topological polar surface area (TPSA) is 116 Å². The number of hydrogen-bond donors (Lipinski definition) is 1. The molecule has 1 fully saturated rings. The average molecular weight is 491 g/mol. The van der Waals surface area contributed by atoms with Crippen molar-refractivity contribution in [1.29, 1.82) is 0 Å². The van der Waals surface area contributed by atoms with Crippen LogP contribution in [-0.4, -0.2) is 47.8 Å². The Bertz CT molecular complexity index is 1670. The fourth-order valence-electron chi connectivity index (χ4n) is 4.79. The van der Waals surface area contributed by atoms with E-state index in [2.05, 4.69) is 21.8 Å². The molecule has 36 heavy (non-hydrogen) atoms. The van der Waals surface area contributed by atoms with Gasteiger partial charge >= 0.3 is 5.69 Å². The van der Waals surface area contributed by atoms with Crippen molar-refractivity contribution in [3.05, 3.63) is 61.9 Å². The van der Waals surface area contributed by atoms with E-state index in [1.54, 1.807) is 37.6 Å². The van der Waals surface area contributed by atoms with Crippen LogP contribution in [0.25, 0.3) is 16.6 Å². The number of aromatic nitrogens is 6. The lowest BCUT2D eigenvalue weighted by Crippen LogP contribution is -2.44. The maximum Gasteiger partial charge on any atom is 0.352 e. The first-order valence-corrected chi connectivity index (χ1v) is 11.8. The van der Waals surface area contributed by atoms with Crippen molar-refractivity contribution in [2.24, 2.45) is 5.73 Å². The van der Waals surface area contributed by atoms with Crippen LogP contribution in [-0.2, 0) is 13.1 Å². The molecular formula is C25H27FN8O2. The SMILES string of the molecule is CC#CCn1c(N2CCCC(N)C2)nc2c(C)c(=O)n(Cc3nc(C)c4c(F)cccc4n3)c(=O)n21. The Labute approximate surface area is 206 Å². The van der Waals surface area contributed by atoms with Gasteiger partial charge in [-0.1, -0.05) is 12.0 Å². The van der Waals surface area contributed by atoms with Gasteiger partial charge in [0.25, 0.3) is 5.56 Å². The molecular weight excluding hydrogens is 463 g/mol. The lowest BCUT2D eigenvalue weighted by molar-refractivity contribution is 0.485. The number of piperidine rings is 1. The van der Waals surface area contributed by atoms with E-state index in [9.17, 15) is 14.0 Å². The van der Waals surface area contributed by atoms with Crippen LogP contribution in [0.3, 0.4) is 0 Å². The van der Waals surface area contributed by atoms with Gasteiger partial charge in [0, 0.05) is 19.1 Å². The van der Waals surface area contributed by atoms with E-state index in [-0.39, 0.29) is 30.6 Å². The number of nitrogens with zero attached hydrogens (tertiary/aromatic N) is 7. The second-order valence-corrected chi connectivity index (χ2v) is 9.04. The maximum atomic E-state index is 14.3. The average Bonchev–Trinajstić information content (AvgIpc) is 3.23. The zero-order valence-corrected chi connectivity index (χ0v) is 20.5. The molecule has 0 aliphatic carbocycles. The lowest BCUT2D eigenvalue weighted by atomic mass is 10.1. The van der Waals surface area contributed by atoms with E-state index in [1.165, 1.54) is 10.6 Å². The van der Waals surface area contributed by atoms with Gasteiger partial charge in [0.05, 0.1) is 28.7 Å². The first-order valence-electron chi connectivity index (χ1n) is 11.8. The van der Waals surface area contributed by atoms with Crippen molar-refractivity contribution in [3.8, 4) is 11.8 Å². The van der Waals surface area contributed by atoms with Crippen LogP contribution in [0.1, 0.15) is 36.8 Å². The number of halogens is 1. The number of rotatable bonds is 4. The summed E-state index contributed by atoms with van der Waals surface area (Å²) in [7, 11) is 0. The van der Waals surface area contributed by atoms with Crippen LogP contribution < -0.4 is 21.9 Å². The second-order valence-electron chi connectivity index (χ2n) is 9.04. The normalized spacial score (nSPS) is 15.9. The Balaban J connectivity index is 1.69. The monoisotopic (exact) mass is 490 g/mol. The van der Waals surface area contributed by atoms with Crippen LogP contribution >= 0.6 is 0 Å². The lowest BCUT2D eigenvalue weighted by Gasteiger charge is -2.31. The third kappa shape index (κ3) is 3.93. The standard InChI is InChI=1S/C25H27FN8O2/c1-4-5-12-33-24(31-11-7-8-17(27)13-31)30-22-15(2)23(35)32(25(36)34(22)33)14-20-28-16(3)21-18(26)9-6-10-19(21)29-20/h6,9-10,17H,7-8,11-14,27H2,1-3H3. The fraction of sp³-hybridized carbons (Fsp3) is 0.400. The molecule has 5 rings (SSSR count). The number of hydrogen-bond acceptors (Lipinski definition) is 7. The van der Waals surface area contributed by atoms with Gasteiger partial charge in [-0.25, -0.2) is 23.8 Å². The van der Waals surface area contributed by atoms with E-state index in [0.29, 0.717) is 34.7 Å². The summed E-state index contributed by atoms with van der Waals surface area (Å²) < 4.78 is 18.4. The Morgan fingerprint density at radius 2 is 2.00 bits per heavy atom. The van der Waals surface area contributed by atoms with E-state index >= 15 is 0 Å². The number of benzene rings is 1. The summed E-state index contributed by atoms with van der Waals surface area (Å²) in [6.45, 7) is 6.44. The molecule has 11 heteroatoms. The minimum atomic E-state index is -0.570. The zero-order chi connectivity index (χ0) is 25.6. The molecule has 0 saturated carbocycles. The molecule has 0 radical (unpaired) electrons. The van der Waals surface area contributed by atoms with Gasteiger partial charge in [-0.05, 0) is 45.7 Å². The molecule has 4 aromatic rings. The summed E-state index contributed by atoms with van der Waals surface area (Å²) in [6.07, 6.45) is 1.83. The molecule has 0 amide bonds. The van der Waals surface area contributed by atoms with E-state index in [4.69, 9.17) is 10.7 Å². The third-order valence-corrected chi connectivity index (χ3v) is 6.54. The maximum absolute atomic E-state index is 14.3. The van der Waals surface area contributed by atoms with E-state index < -0.39 is 17.1 Å². The van der Waals surface area contributed by atoms with Gasteiger partial charge in [-0.15, -0.1) is 5.92 Å². The van der Waals surface area contributed by atoms with Crippen molar-refractivity contribution in [2.75, 3.05) is 18.0 Å². The second kappa shape index (κ2) is 9.20. The molecule has 3 aromatic heterocycles. The Morgan fingerprint density at radius 3 is 2.75 bits per heavy atom. The van der Waals surface area contributed by atoms with Crippen molar-refractivity contribution in [3.63, 3.8) is 0 Å². The molecule has 1 aliphatic rings. The molecule has 2 N–H and O–H groups in total. The van der Waals surface area contributed by atoms with Gasteiger partial charge in [0.1, 0.15) is 18.2 Å². The highest BCUT2D eigenvalue weighted by Crippen LogP contribution is 2.21. The molecule has 10 nitrogen and oxygen atoms in total. The fourth-order valence-corrected chi connectivity index (χ4v) is 4.79. The molecule has 0 spiro atoms. The van der Waals surface area contributed by atoms with Crippen LogP contribution in [0.5, 0.6) is 0 Å². The highest BCUT2D eigenvalue weighted by atomic mass is 19.1. The Kier molecular flexibility index (Phi) is 6.05. The van der Waals surface area contributed by atoms with Crippen LogP contribution in [0, 0.1) is 31.5 Å². The first-order chi connectivity index (χ1) is 17.3. The number of fused-ring (bicyclic) bond motifs is 2. The predicted molar refractivity (Wildman–Crippen MR) is 135 cm³/mol. The van der Waals surface area contributed by atoms with Gasteiger partial charge in [0.2, 0.25) is 5.95 Å². The third-order valence-electron chi connectivity index (χ3n) is 6.54. The smallest absolute Gasteiger partial charge is 0.339 e. The first kappa shape index (κ1) is 23.7. The predicted octanol–water partition coefficient (Wildman–Crippen LogP) is 1.36.